The van der Waals surface area contributed by atoms with Gasteiger partial charge in [-0.2, -0.15) is 0 Å². The lowest BCUT2D eigenvalue weighted by molar-refractivity contribution is -0.117. The van der Waals surface area contributed by atoms with Crippen molar-refractivity contribution in [1.29, 1.82) is 0 Å². The Morgan fingerprint density at radius 2 is 2.18 bits per heavy atom. The van der Waals surface area contributed by atoms with E-state index < -0.39 is 0 Å². The van der Waals surface area contributed by atoms with Crippen molar-refractivity contribution in [1.82, 2.24) is 25.6 Å². The standard InChI is InChI=1S/C26H30N6O2/c1-3-11-27-15-24-30-20-10-9-17(13-22(20)31-24)23-14-29-26(34-23)18-6-4-7-19(16(18)2)32-25(33)21-8-5-12-28-21/h4,6-7,9-10,13-14,21,27-28H,3,5,8,11-12,15H2,1-2H3,(H,30,31)(H,32,33)/t21-/m0/s1. The second-order valence-electron chi connectivity index (χ2n) is 8.74. The number of rotatable bonds is 8. The van der Waals surface area contributed by atoms with Crippen LogP contribution in [0, 0.1) is 6.92 Å². The van der Waals surface area contributed by atoms with Crippen molar-refractivity contribution in [2.45, 2.75) is 45.7 Å². The van der Waals surface area contributed by atoms with Crippen LogP contribution in [-0.2, 0) is 11.3 Å². The van der Waals surface area contributed by atoms with Crippen LogP contribution in [-0.4, -0.2) is 40.0 Å². The van der Waals surface area contributed by atoms with Gasteiger partial charge >= 0.3 is 0 Å². The first kappa shape index (κ1) is 22.3. The van der Waals surface area contributed by atoms with Crippen LogP contribution in [0.5, 0.6) is 0 Å². The number of carbonyl (C=O) groups is 1. The van der Waals surface area contributed by atoms with Gasteiger partial charge in [-0.3, -0.25) is 4.79 Å². The highest BCUT2D eigenvalue weighted by atomic mass is 16.4. The lowest BCUT2D eigenvalue weighted by Crippen LogP contribution is -2.35. The molecule has 0 saturated carbocycles. The molecule has 0 radical (unpaired) electrons. The van der Waals surface area contributed by atoms with Crippen LogP contribution in [0.2, 0.25) is 0 Å². The maximum Gasteiger partial charge on any atom is 0.241 e. The summed E-state index contributed by atoms with van der Waals surface area (Å²) in [6.45, 7) is 6.68. The second-order valence-corrected chi connectivity index (χ2v) is 8.74. The van der Waals surface area contributed by atoms with E-state index in [2.05, 4.69) is 32.8 Å². The van der Waals surface area contributed by atoms with Crippen LogP contribution in [0.25, 0.3) is 33.8 Å². The summed E-state index contributed by atoms with van der Waals surface area (Å²) < 4.78 is 6.15. The van der Waals surface area contributed by atoms with Crippen molar-refractivity contribution < 1.29 is 9.21 Å². The lowest BCUT2D eigenvalue weighted by Gasteiger charge is -2.14. The largest absolute Gasteiger partial charge is 0.436 e. The smallest absolute Gasteiger partial charge is 0.241 e. The second kappa shape index (κ2) is 9.79. The number of hydrogen-bond acceptors (Lipinski definition) is 6. The number of oxazole rings is 1. The average molecular weight is 459 g/mol. The van der Waals surface area contributed by atoms with Gasteiger partial charge in [0.05, 0.1) is 29.8 Å². The summed E-state index contributed by atoms with van der Waals surface area (Å²) >= 11 is 0. The minimum Gasteiger partial charge on any atom is -0.436 e. The summed E-state index contributed by atoms with van der Waals surface area (Å²) in [7, 11) is 0. The number of amides is 1. The van der Waals surface area contributed by atoms with E-state index in [1.807, 2.05) is 43.3 Å². The summed E-state index contributed by atoms with van der Waals surface area (Å²) in [4.78, 5) is 25.1. The molecule has 0 bridgehead atoms. The topological polar surface area (TPSA) is 108 Å². The number of benzene rings is 2. The van der Waals surface area contributed by atoms with Crippen molar-refractivity contribution in [2.24, 2.45) is 0 Å². The minimum absolute atomic E-state index is 0.00223. The van der Waals surface area contributed by atoms with Gasteiger partial charge in [-0.05, 0) is 75.2 Å². The van der Waals surface area contributed by atoms with Crippen molar-refractivity contribution >= 4 is 22.6 Å². The molecule has 0 aliphatic carbocycles. The van der Waals surface area contributed by atoms with E-state index >= 15 is 0 Å². The lowest BCUT2D eigenvalue weighted by atomic mass is 10.1. The third-order valence-corrected chi connectivity index (χ3v) is 6.24. The highest BCUT2D eigenvalue weighted by molar-refractivity contribution is 5.96. The summed E-state index contributed by atoms with van der Waals surface area (Å²) in [5.74, 6) is 2.12. The molecule has 34 heavy (non-hydrogen) atoms. The van der Waals surface area contributed by atoms with Crippen molar-refractivity contribution in [3.63, 3.8) is 0 Å². The molecule has 4 aromatic rings. The van der Waals surface area contributed by atoms with Crippen molar-refractivity contribution in [2.75, 3.05) is 18.4 Å². The van der Waals surface area contributed by atoms with Crippen LogP contribution < -0.4 is 16.0 Å². The van der Waals surface area contributed by atoms with Gasteiger partial charge in [0.2, 0.25) is 11.8 Å². The Morgan fingerprint density at radius 3 is 3.00 bits per heavy atom. The number of imidazole rings is 1. The first-order chi connectivity index (χ1) is 16.6. The SMILES string of the molecule is CCCNCc1nc2cc(-c3cnc(-c4cccc(NC(=O)[C@@H]5CCCN5)c4C)o3)ccc2[nH]1. The highest BCUT2D eigenvalue weighted by Crippen LogP contribution is 2.32. The number of H-pyrrole nitrogens is 1. The van der Waals surface area contributed by atoms with E-state index in [-0.39, 0.29) is 11.9 Å². The van der Waals surface area contributed by atoms with Crippen LogP contribution in [0.3, 0.4) is 0 Å². The zero-order chi connectivity index (χ0) is 23.5. The maximum atomic E-state index is 12.6. The fraction of sp³-hybridized carbons (Fsp3) is 0.346. The zero-order valence-electron chi connectivity index (χ0n) is 19.6. The maximum absolute atomic E-state index is 12.6. The van der Waals surface area contributed by atoms with Gasteiger partial charge in [-0.15, -0.1) is 0 Å². The molecular weight excluding hydrogens is 428 g/mol. The van der Waals surface area contributed by atoms with Gasteiger partial charge in [0.1, 0.15) is 5.82 Å². The van der Waals surface area contributed by atoms with Gasteiger partial charge < -0.3 is 25.4 Å². The quantitative estimate of drug-likeness (QED) is 0.292. The average Bonchev–Trinajstić information content (AvgIpc) is 3.60. The molecule has 1 atom stereocenters. The van der Waals surface area contributed by atoms with E-state index in [4.69, 9.17) is 9.40 Å². The Kier molecular flexibility index (Phi) is 6.42. The Balaban J connectivity index is 1.36. The highest BCUT2D eigenvalue weighted by Gasteiger charge is 2.23. The molecule has 8 nitrogen and oxygen atoms in total. The first-order valence-electron chi connectivity index (χ1n) is 11.9. The predicted octanol–water partition coefficient (Wildman–Crippen LogP) is 4.38. The molecule has 1 saturated heterocycles. The van der Waals surface area contributed by atoms with E-state index in [1.54, 1.807) is 6.20 Å². The Bertz CT molecular complexity index is 1300. The number of aromatic nitrogens is 3. The van der Waals surface area contributed by atoms with E-state index in [9.17, 15) is 4.79 Å². The van der Waals surface area contributed by atoms with Gasteiger partial charge in [-0.25, -0.2) is 9.97 Å². The molecule has 8 heteroatoms. The normalized spacial score (nSPS) is 15.8. The van der Waals surface area contributed by atoms with E-state index in [0.717, 1.165) is 71.6 Å². The summed E-state index contributed by atoms with van der Waals surface area (Å²) in [5.41, 5.74) is 5.36. The van der Waals surface area contributed by atoms with E-state index in [1.165, 1.54) is 0 Å². The molecular formula is C26H30N6O2. The Hall–Kier alpha value is -3.49. The fourth-order valence-corrected chi connectivity index (χ4v) is 4.34. The van der Waals surface area contributed by atoms with Crippen LogP contribution in [0.4, 0.5) is 5.69 Å². The summed E-state index contributed by atoms with van der Waals surface area (Å²) in [5, 5.41) is 9.66. The molecule has 3 heterocycles. The monoisotopic (exact) mass is 458 g/mol. The molecule has 0 spiro atoms. The van der Waals surface area contributed by atoms with Gasteiger partial charge in [0, 0.05) is 16.8 Å². The molecule has 1 aliphatic rings. The Morgan fingerprint density at radius 1 is 1.26 bits per heavy atom. The van der Waals surface area contributed by atoms with Crippen molar-refractivity contribution in [3.8, 4) is 22.8 Å². The minimum atomic E-state index is -0.128. The molecule has 1 fully saturated rings. The third kappa shape index (κ3) is 4.60. The number of nitrogens with zero attached hydrogens (tertiary/aromatic N) is 2. The third-order valence-electron chi connectivity index (χ3n) is 6.24. The number of hydrogen-bond donors (Lipinski definition) is 4. The predicted molar refractivity (Wildman–Crippen MR) is 133 cm³/mol. The summed E-state index contributed by atoms with van der Waals surface area (Å²) in [6, 6.07) is 11.7. The number of aromatic amines is 1. The summed E-state index contributed by atoms with van der Waals surface area (Å²) in [6.07, 6.45) is 4.72. The molecule has 4 N–H and O–H groups in total. The molecule has 1 amide bonds. The first-order valence-corrected chi connectivity index (χ1v) is 11.9. The van der Waals surface area contributed by atoms with E-state index in [0.29, 0.717) is 18.2 Å². The van der Waals surface area contributed by atoms with Gasteiger partial charge in [-0.1, -0.05) is 13.0 Å². The number of carbonyl (C=O) groups excluding carboxylic acids is 1. The van der Waals surface area contributed by atoms with Crippen molar-refractivity contribution in [3.05, 3.63) is 54.0 Å². The molecule has 0 unspecified atom stereocenters. The molecule has 5 rings (SSSR count). The van der Waals surface area contributed by atoms with Gasteiger partial charge in [0.15, 0.2) is 5.76 Å². The molecule has 176 valence electrons. The van der Waals surface area contributed by atoms with Crippen LogP contribution in [0.15, 0.2) is 47.0 Å². The molecule has 1 aliphatic heterocycles. The zero-order valence-corrected chi connectivity index (χ0v) is 19.6. The number of nitrogens with one attached hydrogen (secondary N) is 4. The number of fused-ring (bicyclic) bond motifs is 1. The van der Waals surface area contributed by atoms with Gasteiger partial charge in [0.25, 0.3) is 0 Å². The Labute approximate surface area is 198 Å². The number of anilines is 1. The molecule has 2 aromatic carbocycles. The molecule has 2 aromatic heterocycles. The van der Waals surface area contributed by atoms with Crippen LogP contribution in [0.1, 0.15) is 37.6 Å². The van der Waals surface area contributed by atoms with Crippen LogP contribution >= 0.6 is 0 Å². The fourth-order valence-electron chi connectivity index (χ4n) is 4.34.